The largest absolute Gasteiger partial charge is 0.496 e. The van der Waals surface area contributed by atoms with Crippen molar-refractivity contribution < 1.29 is 17.9 Å². The number of sulfonamides is 1. The number of benzene rings is 3. The summed E-state index contributed by atoms with van der Waals surface area (Å²) in [5, 5.41) is 3.02. The van der Waals surface area contributed by atoms with Crippen molar-refractivity contribution in [1.82, 2.24) is 5.32 Å². The number of nitrogens with one attached hydrogen (secondary N) is 1. The lowest BCUT2D eigenvalue weighted by Crippen LogP contribution is -2.42. The summed E-state index contributed by atoms with van der Waals surface area (Å²) in [5.74, 6) is 0.711. The van der Waals surface area contributed by atoms with Gasteiger partial charge >= 0.3 is 0 Å². The van der Waals surface area contributed by atoms with E-state index in [9.17, 15) is 13.2 Å². The van der Waals surface area contributed by atoms with E-state index in [-0.39, 0.29) is 23.4 Å². The molecule has 7 heteroatoms. The summed E-state index contributed by atoms with van der Waals surface area (Å²) in [7, 11) is -2.33. The smallest absolute Gasteiger partial charge is 0.264 e. The van der Waals surface area contributed by atoms with Gasteiger partial charge in [0.2, 0.25) is 5.91 Å². The Labute approximate surface area is 209 Å². The number of carbonyl (C=O) groups is 1. The Morgan fingerprint density at radius 2 is 1.60 bits per heavy atom. The van der Waals surface area contributed by atoms with Crippen molar-refractivity contribution in [2.75, 3.05) is 18.0 Å². The number of amides is 1. The van der Waals surface area contributed by atoms with Crippen molar-refractivity contribution in [2.24, 2.45) is 0 Å². The van der Waals surface area contributed by atoms with Crippen LogP contribution in [0.1, 0.15) is 55.8 Å². The second kappa shape index (κ2) is 11.4. The van der Waals surface area contributed by atoms with Gasteiger partial charge in [-0.2, -0.15) is 0 Å². The van der Waals surface area contributed by atoms with Crippen molar-refractivity contribution in [3.05, 3.63) is 89.5 Å². The first-order valence-corrected chi connectivity index (χ1v) is 13.2. The van der Waals surface area contributed by atoms with E-state index in [0.29, 0.717) is 18.0 Å². The maximum absolute atomic E-state index is 13.6. The van der Waals surface area contributed by atoms with Gasteiger partial charge in [-0.25, -0.2) is 8.42 Å². The van der Waals surface area contributed by atoms with E-state index in [4.69, 9.17) is 4.74 Å². The van der Waals surface area contributed by atoms with E-state index in [1.165, 1.54) is 16.4 Å². The van der Waals surface area contributed by atoms with Crippen LogP contribution in [0.15, 0.2) is 77.7 Å². The summed E-state index contributed by atoms with van der Waals surface area (Å²) >= 11 is 0. The van der Waals surface area contributed by atoms with Crippen molar-refractivity contribution in [3.63, 3.8) is 0 Å². The molecule has 3 aromatic carbocycles. The maximum Gasteiger partial charge on any atom is 0.264 e. The van der Waals surface area contributed by atoms with Crippen LogP contribution in [-0.2, 0) is 14.8 Å². The summed E-state index contributed by atoms with van der Waals surface area (Å²) < 4.78 is 33.6. The molecule has 0 saturated heterocycles. The van der Waals surface area contributed by atoms with Gasteiger partial charge in [-0.05, 0) is 66.3 Å². The third kappa shape index (κ3) is 6.22. The van der Waals surface area contributed by atoms with Gasteiger partial charge in [0.15, 0.2) is 0 Å². The highest BCUT2D eigenvalue weighted by molar-refractivity contribution is 7.92. The van der Waals surface area contributed by atoms with Crippen molar-refractivity contribution in [2.45, 2.75) is 51.0 Å². The van der Waals surface area contributed by atoms with Gasteiger partial charge in [-0.15, -0.1) is 0 Å². The molecule has 1 N–H and O–H groups in total. The average Bonchev–Trinajstić information content (AvgIpc) is 2.86. The predicted molar refractivity (Wildman–Crippen MR) is 140 cm³/mol. The monoisotopic (exact) mass is 494 g/mol. The number of hydrogen-bond acceptors (Lipinski definition) is 4. The van der Waals surface area contributed by atoms with E-state index >= 15 is 0 Å². The molecule has 0 saturated carbocycles. The van der Waals surface area contributed by atoms with Crippen LogP contribution in [0.4, 0.5) is 5.69 Å². The first kappa shape index (κ1) is 26.3. The number of anilines is 1. The van der Waals surface area contributed by atoms with Crippen molar-refractivity contribution in [3.8, 4) is 5.75 Å². The summed E-state index contributed by atoms with van der Waals surface area (Å²) in [6, 6.07) is 21.0. The second-order valence-corrected chi connectivity index (χ2v) is 10.7. The van der Waals surface area contributed by atoms with E-state index in [1.54, 1.807) is 37.4 Å². The lowest BCUT2D eigenvalue weighted by atomic mass is 10.0. The molecule has 186 valence electrons. The molecule has 6 nitrogen and oxygen atoms in total. The van der Waals surface area contributed by atoms with Gasteiger partial charge in [0, 0.05) is 0 Å². The molecule has 3 aromatic rings. The predicted octanol–water partition coefficient (Wildman–Crippen LogP) is 5.59. The van der Waals surface area contributed by atoms with E-state index in [0.717, 1.165) is 22.4 Å². The third-order valence-corrected chi connectivity index (χ3v) is 7.82. The van der Waals surface area contributed by atoms with Crippen LogP contribution < -0.4 is 14.4 Å². The Kier molecular flexibility index (Phi) is 8.57. The molecule has 0 aromatic heterocycles. The number of aryl methyl sites for hydroxylation is 1. The summed E-state index contributed by atoms with van der Waals surface area (Å²) in [6.45, 7) is 7.75. The number of carbonyl (C=O) groups excluding carboxylic acids is 1. The minimum atomic E-state index is -3.95. The van der Waals surface area contributed by atoms with Crippen LogP contribution >= 0.6 is 0 Å². The van der Waals surface area contributed by atoms with Gasteiger partial charge < -0.3 is 10.1 Å². The summed E-state index contributed by atoms with van der Waals surface area (Å²) in [4.78, 5) is 13.3. The lowest BCUT2D eigenvalue weighted by Gasteiger charge is -2.26. The Bertz CT molecular complexity index is 1240. The molecule has 0 radical (unpaired) electrons. The third-order valence-electron chi connectivity index (χ3n) is 6.03. The van der Waals surface area contributed by atoms with Crippen LogP contribution in [0.3, 0.4) is 0 Å². The minimum Gasteiger partial charge on any atom is -0.496 e. The van der Waals surface area contributed by atoms with Crippen LogP contribution in [-0.4, -0.2) is 28.0 Å². The fraction of sp³-hybridized carbons (Fsp3) is 0.321. The molecular formula is C28H34N2O4S. The average molecular weight is 495 g/mol. The van der Waals surface area contributed by atoms with Crippen LogP contribution in [0.5, 0.6) is 5.75 Å². The van der Waals surface area contributed by atoms with Gasteiger partial charge in [0.1, 0.15) is 12.3 Å². The lowest BCUT2D eigenvalue weighted by molar-refractivity contribution is -0.120. The Balaban J connectivity index is 1.90. The maximum atomic E-state index is 13.6. The van der Waals surface area contributed by atoms with E-state index < -0.39 is 10.0 Å². The zero-order valence-corrected chi connectivity index (χ0v) is 21.8. The standard InChI is InChI=1S/C28H34N2O4S/c1-6-26(23-14-17-27(34-5)21(4)18-23)29-28(31)19-30(24-15-12-22(13-16-24)20(2)3)35(32,33)25-10-8-7-9-11-25/h7-18,20,26H,6,19H2,1-5H3,(H,29,31)/t26-/m0/s1. The van der Waals surface area contributed by atoms with Crippen LogP contribution in [0.25, 0.3) is 0 Å². The zero-order valence-electron chi connectivity index (χ0n) is 21.0. The first-order valence-electron chi connectivity index (χ1n) is 11.8. The quantitative estimate of drug-likeness (QED) is 0.399. The molecule has 0 bridgehead atoms. The van der Waals surface area contributed by atoms with Crippen LogP contribution in [0.2, 0.25) is 0 Å². The second-order valence-electron chi connectivity index (χ2n) is 8.83. The Morgan fingerprint density at radius 1 is 0.971 bits per heavy atom. The number of ether oxygens (including phenoxy) is 1. The highest BCUT2D eigenvalue weighted by Crippen LogP contribution is 2.27. The van der Waals surface area contributed by atoms with Crippen LogP contribution in [0, 0.1) is 6.92 Å². The van der Waals surface area contributed by atoms with Gasteiger partial charge in [-0.1, -0.05) is 63.2 Å². The van der Waals surface area contributed by atoms with Crippen molar-refractivity contribution >= 4 is 21.6 Å². The Morgan fingerprint density at radius 3 is 2.14 bits per heavy atom. The molecule has 0 aliphatic carbocycles. The molecule has 3 rings (SSSR count). The minimum absolute atomic E-state index is 0.138. The molecule has 0 unspecified atom stereocenters. The van der Waals surface area contributed by atoms with E-state index in [2.05, 4.69) is 19.2 Å². The highest BCUT2D eigenvalue weighted by Gasteiger charge is 2.28. The highest BCUT2D eigenvalue weighted by atomic mass is 32.2. The molecule has 1 atom stereocenters. The normalized spacial score (nSPS) is 12.3. The van der Waals surface area contributed by atoms with Gasteiger partial charge in [0.05, 0.1) is 23.7 Å². The number of nitrogens with zero attached hydrogens (tertiary/aromatic N) is 1. The number of methoxy groups -OCH3 is 1. The first-order chi connectivity index (χ1) is 16.7. The molecule has 1 amide bonds. The topological polar surface area (TPSA) is 75.7 Å². The fourth-order valence-corrected chi connectivity index (χ4v) is 5.41. The van der Waals surface area contributed by atoms with Crippen molar-refractivity contribution in [1.29, 1.82) is 0 Å². The molecular weight excluding hydrogens is 460 g/mol. The molecule has 35 heavy (non-hydrogen) atoms. The number of hydrogen-bond donors (Lipinski definition) is 1. The summed E-state index contributed by atoms with van der Waals surface area (Å²) in [5.41, 5.74) is 3.45. The SMILES string of the molecule is CC[C@H](NC(=O)CN(c1ccc(C(C)C)cc1)S(=O)(=O)c1ccccc1)c1ccc(OC)c(C)c1. The Hall–Kier alpha value is -3.32. The fourth-order valence-electron chi connectivity index (χ4n) is 3.97. The molecule has 0 spiro atoms. The zero-order chi connectivity index (χ0) is 25.6. The molecule has 0 aliphatic heterocycles. The summed E-state index contributed by atoms with van der Waals surface area (Å²) in [6.07, 6.45) is 0.659. The van der Waals surface area contributed by atoms with E-state index in [1.807, 2.05) is 44.2 Å². The molecule has 0 aliphatic rings. The molecule has 0 heterocycles. The van der Waals surface area contributed by atoms with Gasteiger partial charge in [-0.3, -0.25) is 9.10 Å². The van der Waals surface area contributed by atoms with Gasteiger partial charge in [0.25, 0.3) is 10.0 Å². The molecule has 0 fully saturated rings. The number of rotatable bonds is 10.